The molecule has 1 N–H and O–H groups in total. The molecule has 0 bridgehead atoms. The molecule has 1 unspecified atom stereocenters. The number of alkyl halides is 3. The van der Waals surface area contributed by atoms with Crippen LogP contribution in [0.1, 0.15) is 5.56 Å². The second-order valence-electron chi connectivity index (χ2n) is 3.28. The van der Waals surface area contributed by atoms with E-state index in [1.54, 1.807) is 0 Å². The lowest BCUT2D eigenvalue weighted by molar-refractivity contribution is -0.137. The third-order valence-electron chi connectivity index (χ3n) is 1.91. The molecule has 1 rings (SSSR count). The fraction of sp³-hybridized carbons (Fsp3) is 0.333. The van der Waals surface area contributed by atoms with Gasteiger partial charge in [0.25, 0.3) is 0 Å². The first-order valence-corrected chi connectivity index (χ1v) is 6.56. The molecular weight excluding hydrogens is 277 g/mol. The molecule has 3 nitrogen and oxygen atoms in total. The van der Waals surface area contributed by atoms with E-state index in [4.69, 9.17) is 5.11 Å². The predicted octanol–water partition coefficient (Wildman–Crippen LogP) is 1.73. The Morgan fingerprint density at radius 2 is 1.71 bits per heavy atom. The number of hydrogen-bond donors (Lipinski definition) is 2. The largest absolute Gasteiger partial charge is 0.416 e. The maximum absolute atomic E-state index is 12.2. The van der Waals surface area contributed by atoms with Crippen LogP contribution in [0.3, 0.4) is 0 Å². The summed E-state index contributed by atoms with van der Waals surface area (Å²) in [7, 11) is -3.82. The number of sulfone groups is 1. The van der Waals surface area contributed by atoms with Crippen LogP contribution >= 0.6 is 12.6 Å². The molecule has 0 spiro atoms. The van der Waals surface area contributed by atoms with Gasteiger partial charge in [-0.25, -0.2) is 8.42 Å². The molecule has 1 atom stereocenters. The quantitative estimate of drug-likeness (QED) is 0.657. The average molecular weight is 286 g/mol. The molecule has 8 heteroatoms. The maximum atomic E-state index is 12.2. The van der Waals surface area contributed by atoms with Crippen molar-refractivity contribution >= 4 is 22.5 Å². The number of benzene rings is 1. The minimum Gasteiger partial charge on any atom is -0.382 e. The Morgan fingerprint density at radius 3 is 2.06 bits per heavy atom. The van der Waals surface area contributed by atoms with Gasteiger partial charge in [0.1, 0.15) is 5.44 Å². The van der Waals surface area contributed by atoms with E-state index in [9.17, 15) is 21.6 Å². The topological polar surface area (TPSA) is 54.4 Å². The normalized spacial score (nSPS) is 14.6. The molecule has 0 aliphatic heterocycles. The van der Waals surface area contributed by atoms with E-state index in [1.807, 2.05) is 0 Å². The number of rotatable bonds is 3. The summed E-state index contributed by atoms with van der Waals surface area (Å²) in [5, 5.41) is 8.84. The minimum atomic E-state index is -4.51. The fourth-order valence-corrected chi connectivity index (χ4v) is 2.87. The molecule has 0 heterocycles. The molecule has 0 fully saturated rings. The number of hydrogen-bond acceptors (Lipinski definition) is 4. The van der Waals surface area contributed by atoms with Crippen molar-refractivity contribution in [1.82, 2.24) is 0 Å². The summed E-state index contributed by atoms with van der Waals surface area (Å²) in [6.07, 6.45) is -4.51. The van der Waals surface area contributed by atoms with Gasteiger partial charge in [-0.2, -0.15) is 13.2 Å². The minimum absolute atomic E-state index is 0.279. The zero-order valence-corrected chi connectivity index (χ0v) is 10.1. The van der Waals surface area contributed by atoms with Gasteiger partial charge in [0.2, 0.25) is 0 Å². The lowest BCUT2D eigenvalue weighted by atomic mass is 10.2. The second kappa shape index (κ2) is 4.87. The molecule has 1 aromatic rings. The summed E-state index contributed by atoms with van der Waals surface area (Å²) in [4.78, 5) is -0.279. The van der Waals surface area contributed by atoms with Crippen molar-refractivity contribution in [3.05, 3.63) is 29.8 Å². The SMILES string of the molecule is O=S(=O)(CC(O)S)c1ccc(C(F)(F)F)cc1. The Labute approximate surface area is 102 Å². The standard InChI is InChI=1S/C9H9F3O3S2/c10-9(11,12)6-1-3-7(4-2-6)17(14,15)5-8(13)16/h1-4,8,13,16H,5H2. The maximum Gasteiger partial charge on any atom is 0.416 e. The van der Waals surface area contributed by atoms with Crippen molar-refractivity contribution < 1.29 is 26.7 Å². The van der Waals surface area contributed by atoms with Crippen molar-refractivity contribution in [2.24, 2.45) is 0 Å². The first kappa shape index (κ1) is 14.3. The molecule has 0 radical (unpaired) electrons. The molecule has 17 heavy (non-hydrogen) atoms. The number of halogens is 3. The molecule has 0 amide bonds. The third-order valence-corrected chi connectivity index (χ3v) is 4.08. The van der Waals surface area contributed by atoms with E-state index in [0.717, 1.165) is 12.1 Å². The van der Waals surface area contributed by atoms with Gasteiger partial charge < -0.3 is 5.11 Å². The van der Waals surface area contributed by atoms with E-state index in [0.29, 0.717) is 12.1 Å². The van der Waals surface area contributed by atoms with Crippen molar-refractivity contribution in [2.75, 3.05) is 5.75 Å². The fourth-order valence-electron chi connectivity index (χ4n) is 1.14. The Bertz CT molecular complexity index is 477. The first-order chi connectivity index (χ1) is 7.63. The van der Waals surface area contributed by atoms with Crippen LogP contribution in [0, 0.1) is 0 Å². The molecule has 96 valence electrons. The highest BCUT2D eigenvalue weighted by Gasteiger charge is 2.30. The van der Waals surface area contributed by atoms with Crippen LogP contribution in [0.4, 0.5) is 13.2 Å². The van der Waals surface area contributed by atoms with E-state index < -0.39 is 32.8 Å². The predicted molar refractivity (Wildman–Crippen MR) is 58.5 cm³/mol. The number of thiol groups is 1. The summed E-state index contributed by atoms with van der Waals surface area (Å²) in [5.41, 5.74) is -2.30. The van der Waals surface area contributed by atoms with Crippen LogP contribution in [0.15, 0.2) is 29.2 Å². The number of aliphatic hydroxyl groups excluding tert-OH is 1. The van der Waals surface area contributed by atoms with Crippen LogP contribution < -0.4 is 0 Å². The summed E-state index contributed by atoms with van der Waals surface area (Å²) in [6.45, 7) is 0. The van der Waals surface area contributed by atoms with E-state index in [1.165, 1.54) is 0 Å². The third kappa shape index (κ3) is 3.90. The summed E-state index contributed by atoms with van der Waals surface area (Å²) >= 11 is 3.50. The van der Waals surface area contributed by atoms with Gasteiger partial charge in [0.15, 0.2) is 9.84 Å². The lowest BCUT2D eigenvalue weighted by Crippen LogP contribution is -2.16. The molecule has 0 saturated carbocycles. The van der Waals surface area contributed by atoms with Gasteiger partial charge in [0, 0.05) is 0 Å². The van der Waals surface area contributed by atoms with Gasteiger partial charge in [-0.15, -0.1) is 12.6 Å². The first-order valence-electron chi connectivity index (χ1n) is 4.39. The van der Waals surface area contributed by atoms with Crippen molar-refractivity contribution in [3.8, 4) is 0 Å². The summed E-state index contributed by atoms with van der Waals surface area (Å²) < 4.78 is 59.7. The van der Waals surface area contributed by atoms with Crippen LogP contribution in [-0.2, 0) is 16.0 Å². The molecular formula is C9H9F3O3S2. The molecule has 0 aromatic heterocycles. The monoisotopic (exact) mass is 286 g/mol. The highest BCUT2D eigenvalue weighted by atomic mass is 32.2. The Morgan fingerprint density at radius 1 is 1.24 bits per heavy atom. The Hall–Kier alpha value is -0.730. The van der Waals surface area contributed by atoms with Gasteiger partial charge in [0.05, 0.1) is 16.2 Å². The van der Waals surface area contributed by atoms with E-state index in [-0.39, 0.29) is 4.90 Å². The summed E-state index contributed by atoms with van der Waals surface area (Å²) in [6, 6.07) is 3.07. The van der Waals surface area contributed by atoms with Gasteiger partial charge in [-0.1, -0.05) is 0 Å². The zero-order valence-electron chi connectivity index (χ0n) is 8.35. The average Bonchev–Trinajstić information content (AvgIpc) is 2.14. The second-order valence-corrected chi connectivity index (χ2v) is 5.91. The zero-order chi connectivity index (χ0) is 13.3. The summed E-state index contributed by atoms with van der Waals surface area (Å²) in [5.74, 6) is -0.651. The molecule has 0 saturated heterocycles. The van der Waals surface area contributed by atoms with Gasteiger partial charge in [-0.05, 0) is 24.3 Å². The molecule has 0 aliphatic carbocycles. The van der Waals surface area contributed by atoms with Crippen LogP contribution in [0.25, 0.3) is 0 Å². The Balaban J connectivity index is 3.03. The lowest BCUT2D eigenvalue weighted by Gasteiger charge is -2.09. The Kier molecular flexibility index (Phi) is 4.11. The van der Waals surface area contributed by atoms with E-state index in [2.05, 4.69) is 12.6 Å². The van der Waals surface area contributed by atoms with Crippen LogP contribution in [0.2, 0.25) is 0 Å². The van der Waals surface area contributed by atoms with Crippen molar-refractivity contribution in [3.63, 3.8) is 0 Å². The van der Waals surface area contributed by atoms with Crippen molar-refractivity contribution in [1.29, 1.82) is 0 Å². The molecule has 1 aromatic carbocycles. The van der Waals surface area contributed by atoms with E-state index >= 15 is 0 Å². The highest BCUT2D eigenvalue weighted by Crippen LogP contribution is 2.29. The van der Waals surface area contributed by atoms with Gasteiger partial charge in [-0.3, -0.25) is 0 Å². The van der Waals surface area contributed by atoms with Crippen molar-refractivity contribution in [2.45, 2.75) is 16.5 Å². The smallest absolute Gasteiger partial charge is 0.382 e. The highest BCUT2D eigenvalue weighted by molar-refractivity contribution is 7.92. The van der Waals surface area contributed by atoms with Crippen LogP contribution in [0.5, 0.6) is 0 Å². The molecule has 0 aliphatic rings. The van der Waals surface area contributed by atoms with Crippen LogP contribution in [-0.4, -0.2) is 24.7 Å². The number of aliphatic hydroxyl groups is 1. The van der Waals surface area contributed by atoms with Gasteiger partial charge >= 0.3 is 6.18 Å².